The van der Waals surface area contributed by atoms with Crippen LogP contribution in [0, 0.1) is 11.8 Å². The maximum absolute atomic E-state index is 12.5. The zero-order valence-electron chi connectivity index (χ0n) is 15.2. The van der Waals surface area contributed by atoms with E-state index in [-0.39, 0.29) is 36.4 Å². The molecule has 1 heterocycles. The lowest BCUT2D eigenvalue weighted by molar-refractivity contribution is -0.137. The van der Waals surface area contributed by atoms with Crippen LogP contribution in [0.15, 0.2) is 17.6 Å². The average Bonchev–Trinajstić information content (AvgIpc) is 2.54. The SMILES string of the molecule is C=CC(CCC)COC(=O)C(=N[C@H](O)OC)C1CC(C)O[C@@H](C)C1. The van der Waals surface area contributed by atoms with Crippen LogP contribution < -0.4 is 0 Å². The number of aliphatic imine (C=N–C) groups is 1. The number of hydrogen-bond acceptors (Lipinski definition) is 6. The number of ether oxygens (including phenoxy) is 3. The van der Waals surface area contributed by atoms with Gasteiger partial charge in [-0.2, -0.15) is 0 Å². The highest BCUT2D eigenvalue weighted by atomic mass is 16.6. The summed E-state index contributed by atoms with van der Waals surface area (Å²) in [4.78, 5) is 16.6. The Morgan fingerprint density at radius 2 is 2.04 bits per heavy atom. The van der Waals surface area contributed by atoms with Crippen LogP contribution in [0.4, 0.5) is 0 Å². The molecule has 1 aliphatic rings. The first-order valence-electron chi connectivity index (χ1n) is 8.64. The molecule has 138 valence electrons. The van der Waals surface area contributed by atoms with E-state index in [2.05, 4.69) is 18.5 Å². The third kappa shape index (κ3) is 6.71. The highest BCUT2D eigenvalue weighted by Crippen LogP contribution is 2.27. The Balaban J connectivity index is 2.83. The normalized spacial score (nSPS) is 27.4. The van der Waals surface area contributed by atoms with Crippen molar-refractivity contribution in [3.63, 3.8) is 0 Å². The first-order chi connectivity index (χ1) is 11.4. The van der Waals surface area contributed by atoms with Gasteiger partial charge in [0.2, 0.25) is 0 Å². The topological polar surface area (TPSA) is 77.4 Å². The van der Waals surface area contributed by atoms with Gasteiger partial charge in [-0.3, -0.25) is 0 Å². The van der Waals surface area contributed by atoms with Crippen molar-refractivity contribution in [3.05, 3.63) is 12.7 Å². The second kappa shape index (κ2) is 10.6. The summed E-state index contributed by atoms with van der Waals surface area (Å²) in [7, 11) is 1.33. The van der Waals surface area contributed by atoms with Gasteiger partial charge in [0.05, 0.1) is 18.8 Å². The van der Waals surface area contributed by atoms with E-state index in [4.69, 9.17) is 14.2 Å². The van der Waals surface area contributed by atoms with E-state index in [0.29, 0.717) is 12.8 Å². The summed E-state index contributed by atoms with van der Waals surface area (Å²) in [6.07, 6.45) is 3.71. The molecular formula is C18H31NO5. The van der Waals surface area contributed by atoms with E-state index in [9.17, 15) is 9.90 Å². The molecule has 6 heteroatoms. The minimum atomic E-state index is -1.37. The number of rotatable bonds is 9. The molecule has 24 heavy (non-hydrogen) atoms. The Kier molecular flexibility index (Phi) is 9.18. The van der Waals surface area contributed by atoms with Gasteiger partial charge in [-0.1, -0.05) is 19.4 Å². The van der Waals surface area contributed by atoms with Crippen molar-refractivity contribution in [1.82, 2.24) is 0 Å². The molecule has 6 nitrogen and oxygen atoms in total. The van der Waals surface area contributed by atoms with E-state index < -0.39 is 12.4 Å². The van der Waals surface area contributed by atoms with Gasteiger partial charge < -0.3 is 19.3 Å². The van der Waals surface area contributed by atoms with Crippen LogP contribution in [0.5, 0.6) is 0 Å². The van der Waals surface area contributed by atoms with Crippen molar-refractivity contribution in [1.29, 1.82) is 0 Å². The molecular weight excluding hydrogens is 310 g/mol. The first-order valence-corrected chi connectivity index (χ1v) is 8.64. The molecule has 5 atom stereocenters. The molecule has 0 aromatic rings. The lowest BCUT2D eigenvalue weighted by Gasteiger charge is -2.32. The third-order valence-corrected chi connectivity index (χ3v) is 4.17. The molecule has 0 spiro atoms. The number of aliphatic hydroxyl groups is 1. The van der Waals surface area contributed by atoms with Crippen molar-refractivity contribution in [2.24, 2.45) is 16.8 Å². The standard InChI is InChI=1S/C18H31NO5/c1-6-8-14(7-2)11-23-17(20)16(19-18(21)22-5)15-9-12(3)24-13(4)10-15/h7,12-15,18,21H,2,6,8-11H2,1,3-5H3/t12-,13?,14?,15?,18+/m0/s1. The predicted molar refractivity (Wildman–Crippen MR) is 92.7 cm³/mol. The number of esters is 1. The number of hydrogen-bond donors (Lipinski definition) is 1. The highest BCUT2D eigenvalue weighted by Gasteiger charge is 2.33. The monoisotopic (exact) mass is 341 g/mol. The molecule has 0 aromatic carbocycles. The highest BCUT2D eigenvalue weighted by molar-refractivity contribution is 6.37. The molecule has 1 aliphatic heterocycles. The first kappa shape index (κ1) is 20.8. The summed E-state index contributed by atoms with van der Waals surface area (Å²) in [5, 5.41) is 9.68. The molecule has 0 saturated carbocycles. The molecule has 0 bridgehead atoms. The summed E-state index contributed by atoms with van der Waals surface area (Å²) in [6.45, 7) is 10.1. The van der Waals surface area contributed by atoms with Crippen LogP contribution >= 0.6 is 0 Å². The molecule has 0 amide bonds. The molecule has 0 aliphatic carbocycles. The van der Waals surface area contributed by atoms with Crippen LogP contribution in [0.2, 0.25) is 0 Å². The van der Waals surface area contributed by atoms with Gasteiger partial charge in [0.15, 0.2) is 0 Å². The van der Waals surface area contributed by atoms with Crippen LogP contribution in [-0.2, 0) is 19.0 Å². The minimum absolute atomic E-state index is 0.0254. The number of methoxy groups -OCH3 is 1. The lowest BCUT2D eigenvalue weighted by Crippen LogP contribution is -2.38. The summed E-state index contributed by atoms with van der Waals surface area (Å²) in [5.74, 6) is -0.491. The van der Waals surface area contributed by atoms with E-state index in [1.54, 1.807) is 6.08 Å². The zero-order chi connectivity index (χ0) is 18.1. The smallest absolute Gasteiger partial charge is 0.352 e. The zero-order valence-corrected chi connectivity index (χ0v) is 15.2. The third-order valence-electron chi connectivity index (χ3n) is 4.17. The summed E-state index contributed by atoms with van der Waals surface area (Å²) >= 11 is 0. The maximum Gasteiger partial charge on any atom is 0.352 e. The minimum Gasteiger partial charge on any atom is -0.461 e. The Morgan fingerprint density at radius 3 is 2.54 bits per heavy atom. The predicted octanol–water partition coefficient (Wildman–Crippen LogP) is 2.70. The quantitative estimate of drug-likeness (QED) is 0.302. The van der Waals surface area contributed by atoms with Gasteiger partial charge in [-0.05, 0) is 33.1 Å². The number of aliphatic hydroxyl groups excluding tert-OH is 1. The van der Waals surface area contributed by atoms with Crippen molar-refractivity contribution >= 4 is 11.7 Å². The molecule has 1 fully saturated rings. The van der Waals surface area contributed by atoms with Gasteiger partial charge in [0.25, 0.3) is 6.41 Å². The van der Waals surface area contributed by atoms with Crippen LogP contribution in [0.3, 0.4) is 0 Å². The summed E-state index contributed by atoms with van der Waals surface area (Å²) in [5.41, 5.74) is 0.227. The van der Waals surface area contributed by atoms with E-state index in [0.717, 1.165) is 12.8 Å². The van der Waals surface area contributed by atoms with Gasteiger partial charge in [-0.15, -0.1) is 6.58 Å². The summed E-state index contributed by atoms with van der Waals surface area (Å²) in [6, 6.07) is 0. The van der Waals surface area contributed by atoms with Crippen LogP contribution in [-0.4, -0.2) is 49.1 Å². The molecule has 1 N–H and O–H groups in total. The fraction of sp³-hybridized carbons (Fsp3) is 0.778. The summed E-state index contributed by atoms with van der Waals surface area (Å²) < 4.78 is 15.9. The Labute approximate surface area is 144 Å². The Morgan fingerprint density at radius 1 is 1.42 bits per heavy atom. The average molecular weight is 341 g/mol. The molecule has 1 rings (SSSR count). The van der Waals surface area contributed by atoms with Crippen molar-refractivity contribution in [2.75, 3.05) is 13.7 Å². The number of carbonyl (C=O) groups is 1. The maximum atomic E-state index is 12.5. The van der Waals surface area contributed by atoms with E-state index >= 15 is 0 Å². The Bertz CT molecular complexity index is 427. The van der Waals surface area contributed by atoms with E-state index in [1.807, 2.05) is 13.8 Å². The second-order valence-corrected chi connectivity index (χ2v) is 6.38. The largest absolute Gasteiger partial charge is 0.461 e. The van der Waals surface area contributed by atoms with E-state index in [1.165, 1.54) is 7.11 Å². The van der Waals surface area contributed by atoms with Gasteiger partial charge in [0.1, 0.15) is 5.71 Å². The van der Waals surface area contributed by atoms with Gasteiger partial charge >= 0.3 is 5.97 Å². The molecule has 0 aromatic heterocycles. The van der Waals surface area contributed by atoms with Crippen molar-refractivity contribution in [2.45, 2.75) is 65.1 Å². The van der Waals surface area contributed by atoms with Gasteiger partial charge in [0, 0.05) is 18.9 Å². The molecule has 1 saturated heterocycles. The van der Waals surface area contributed by atoms with Crippen molar-refractivity contribution in [3.8, 4) is 0 Å². The molecule has 3 unspecified atom stereocenters. The number of carbonyl (C=O) groups excluding carboxylic acids is 1. The Hall–Kier alpha value is -1.24. The molecule has 0 radical (unpaired) electrons. The fourth-order valence-electron chi connectivity index (χ4n) is 3.02. The fourth-order valence-corrected chi connectivity index (χ4v) is 3.02. The number of nitrogens with zero attached hydrogens (tertiary/aromatic N) is 1. The lowest BCUT2D eigenvalue weighted by atomic mass is 9.88. The van der Waals surface area contributed by atoms with Crippen LogP contribution in [0.25, 0.3) is 0 Å². The second-order valence-electron chi connectivity index (χ2n) is 6.38. The van der Waals surface area contributed by atoms with Crippen molar-refractivity contribution < 1.29 is 24.1 Å². The van der Waals surface area contributed by atoms with Crippen LogP contribution in [0.1, 0.15) is 46.5 Å². The van der Waals surface area contributed by atoms with Gasteiger partial charge in [-0.25, -0.2) is 9.79 Å².